The highest BCUT2D eigenvalue weighted by atomic mass is 16.2. The zero-order valence-corrected chi connectivity index (χ0v) is 13.8. The Bertz CT molecular complexity index is 618. The van der Waals surface area contributed by atoms with E-state index in [0.29, 0.717) is 29.6 Å². The second kappa shape index (κ2) is 5.45. The average Bonchev–Trinajstić information content (AvgIpc) is 2.80. The molecule has 0 saturated carbocycles. The van der Waals surface area contributed by atoms with Crippen molar-refractivity contribution in [2.45, 2.75) is 38.1 Å². The summed E-state index contributed by atoms with van der Waals surface area (Å²) in [6.45, 7) is 3.11. The Morgan fingerprint density at radius 1 is 1.00 bits per heavy atom. The molecule has 4 nitrogen and oxygen atoms in total. The van der Waals surface area contributed by atoms with Gasteiger partial charge in [0.25, 0.3) is 11.8 Å². The summed E-state index contributed by atoms with van der Waals surface area (Å²) in [5, 5.41) is 0. The van der Waals surface area contributed by atoms with Crippen LogP contribution in [0.15, 0.2) is 24.3 Å². The van der Waals surface area contributed by atoms with E-state index in [9.17, 15) is 9.59 Å². The molecule has 4 rings (SSSR count). The number of hydrogen-bond acceptors (Lipinski definition) is 2. The van der Waals surface area contributed by atoms with Crippen LogP contribution in [0.3, 0.4) is 0 Å². The second-order valence-electron chi connectivity index (χ2n) is 7.66. The molecule has 0 aliphatic carbocycles. The van der Waals surface area contributed by atoms with Gasteiger partial charge in [-0.15, -0.1) is 0 Å². The van der Waals surface area contributed by atoms with Gasteiger partial charge in [-0.2, -0.15) is 0 Å². The molecule has 3 heterocycles. The molecule has 122 valence electrons. The molecule has 1 aromatic rings. The molecule has 0 radical (unpaired) electrons. The standard InChI is InChI=1S/C19H25N2O2/c1-21-11-5-4-10-17(21)14(7-6-12-21)13-20-18(22)15-8-2-3-9-16(15)19(20)23/h2-3,8-9,14,17H,4-7,10-13H2,1H3/q+1/t14-,17+,21-/m1/s1. The van der Waals surface area contributed by atoms with E-state index in [4.69, 9.17) is 0 Å². The minimum Gasteiger partial charge on any atom is -0.323 e. The third-order valence-electron chi connectivity index (χ3n) is 6.30. The number of hydrogen-bond donors (Lipinski definition) is 0. The molecule has 3 aliphatic heterocycles. The molecule has 0 aromatic heterocycles. The second-order valence-corrected chi connectivity index (χ2v) is 7.66. The Morgan fingerprint density at radius 2 is 1.65 bits per heavy atom. The van der Waals surface area contributed by atoms with Crippen molar-refractivity contribution in [3.05, 3.63) is 35.4 Å². The minimum atomic E-state index is -0.0961. The number of imide groups is 1. The number of piperidine rings is 2. The first-order valence-electron chi connectivity index (χ1n) is 8.89. The van der Waals surface area contributed by atoms with Gasteiger partial charge in [-0.25, -0.2) is 0 Å². The van der Waals surface area contributed by atoms with Crippen LogP contribution >= 0.6 is 0 Å². The molecule has 0 bridgehead atoms. The third kappa shape index (κ3) is 2.31. The lowest BCUT2D eigenvalue weighted by molar-refractivity contribution is -0.947. The van der Waals surface area contributed by atoms with Crippen LogP contribution in [-0.2, 0) is 0 Å². The van der Waals surface area contributed by atoms with E-state index in [1.54, 1.807) is 12.1 Å². The highest BCUT2D eigenvalue weighted by molar-refractivity contribution is 6.21. The predicted molar refractivity (Wildman–Crippen MR) is 88.1 cm³/mol. The summed E-state index contributed by atoms with van der Waals surface area (Å²) in [5.74, 6) is 0.263. The molecular weight excluding hydrogens is 288 g/mol. The zero-order valence-electron chi connectivity index (χ0n) is 13.8. The van der Waals surface area contributed by atoms with Crippen LogP contribution in [0.5, 0.6) is 0 Å². The molecule has 1 aromatic carbocycles. The first kappa shape index (κ1) is 14.9. The molecule has 0 spiro atoms. The van der Waals surface area contributed by atoms with Crippen molar-refractivity contribution >= 4 is 11.8 Å². The lowest BCUT2D eigenvalue weighted by Gasteiger charge is -2.51. The van der Waals surface area contributed by atoms with E-state index in [2.05, 4.69) is 7.05 Å². The summed E-state index contributed by atoms with van der Waals surface area (Å²) in [7, 11) is 2.37. The van der Waals surface area contributed by atoms with Crippen LogP contribution in [-0.4, -0.2) is 53.9 Å². The van der Waals surface area contributed by atoms with Gasteiger partial charge in [0, 0.05) is 18.9 Å². The van der Waals surface area contributed by atoms with Crippen LogP contribution in [0.25, 0.3) is 0 Å². The van der Waals surface area contributed by atoms with Crippen LogP contribution in [0.2, 0.25) is 0 Å². The molecule has 0 unspecified atom stereocenters. The first-order valence-corrected chi connectivity index (χ1v) is 8.89. The van der Waals surface area contributed by atoms with Crippen LogP contribution in [0, 0.1) is 5.92 Å². The van der Waals surface area contributed by atoms with E-state index in [-0.39, 0.29) is 11.8 Å². The summed E-state index contributed by atoms with van der Waals surface area (Å²) in [5.41, 5.74) is 1.16. The van der Waals surface area contributed by atoms with Gasteiger partial charge in [-0.1, -0.05) is 12.1 Å². The molecular formula is C19H25N2O2+. The molecule has 3 atom stereocenters. The third-order valence-corrected chi connectivity index (χ3v) is 6.30. The number of amides is 2. The Kier molecular flexibility index (Phi) is 3.52. The highest BCUT2D eigenvalue weighted by Crippen LogP contribution is 2.37. The lowest BCUT2D eigenvalue weighted by Crippen LogP contribution is -2.62. The predicted octanol–water partition coefficient (Wildman–Crippen LogP) is 2.69. The molecule has 4 heteroatoms. The fraction of sp³-hybridized carbons (Fsp3) is 0.579. The van der Waals surface area contributed by atoms with Crippen molar-refractivity contribution in [1.29, 1.82) is 0 Å². The number of carbonyl (C=O) groups is 2. The summed E-state index contributed by atoms with van der Waals surface area (Å²) < 4.78 is 1.15. The minimum absolute atomic E-state index is 0.0961. The SMILES string of the molecule is C[N@+]12CCCC[C@H]1[C@@H](CN1C(=O)c3ccccc3C1=O)CCC2. The van der Waals surface area contributed by atoms with Gasteiger partial charge in [0.1, 0.15) is 0 Å². The lowest BCUT2D eigenvalue weighted by atomic mass is 9.81. The maximum absolute atomic E-state index is 12.6. The summed E-state index contributed by atoms with van der Waals surface area (Å²) >= 11 is 0. The van der Waals surface area contributed by atoms with Gasteiger partial charge in [-0.3, -0.25) is 14.5 Å². The maximum atomic E-state index is 12.6. The van der Waals surface area contributed by atoms with Crippen molar-refractivity contribution in [3.63, 3.8) is 0 Å². The van der Waals surface area contributed by atoms with Crippen molar-refractivity contribution in [3.8, 4) is 0 Å². The maximum Gasteiger partial charge on any atom is 0.261 e. The fourth-order valence-electron chi connectivity index (χ4n) is 5.09. The van der Waals surface area contributed by atoms with E-state index in [0.717, 1.165) is 10.9 Å². The first-order chi connectivity index (χ1) is 11.1. The smallest absolute Gasteiger partial charge is 0.261 e. The monoisotopic (exact) mass is 313 g/mol. The molecule has 2 amide bonds. The van der Waals surface area contributed by atoms with Gasteiger partial charge >= 0.3 is 0 Å². The van der Waals surface area contributed by atoms with Crippen molar-refractivity contribution in [2.75, 3.05) is 26.7 Å². The molecule has 0 N–H and O–H groups in total. The van der Waals surface area contributed by atoms with Gasteiger partial charge in [0.05, 0.1) is 37.3 Å². The van der Waals surface area contributed by atoms with Gasteiger partial charge in [-0.05, 0) is 37.8 Å². The largest absolute Gasteiger partial charge is 0.323 e. The topological polar surface area (TPSA) is 37.4 Å². The quantitative estimate of drug-likeness (QED) is 0.622. The number of nitrogens with zero attached hydrogens (tertiary/aromatic N) is 2. The molecule has 2 saturated heterocycles. The Hall–Kier alpha value is -1.68. The van der Waals surface area contributed by atoms with Crippen LogP contribution < -0.4 is 0 Å². The van der Waals surface area contributed by atoms with Crippen LogP contribution in [0.1, 0.15) is 52.8 Å². The molecule has 23 heavy (non-hydrogen) atoms. The van der Waals surface area contributed by atoms with Gasteiger partial charge in [0.2, 0.25) is 0 Å². The summed E-state index contributed by atoms with van der Waals surface area (Å²) in [6.07, 6.45) is 6.20. The van der Waals surface area contributed by atoms with Crippen molar-refractivity contribution in [1.82, 2.24) is 4.90 Å². The number of carbonyl (C=O) groups excluding carboxylic acids is 2. The molecule has 3 aliphatic rings. The van der Waals surface area contributed by atoms with E-state index in [1.807, 2.05) is 12.1 Å². The highest BCUT2D eigenvalue weighted by Gasteiger charge is 2.46. The number of benzene rings is 1. The molecule has 2 fully saturated rings. The van der Waals surface area contributed by atoms with E-state index >= 15 is 0 Å². The Balaban J connectivity index is 1.57. The van der Waals surface area contributed by atoms with Crippen molar-refractivity contribution in [2.24, 2.45) is 5.92 Å². The number of fused-ring (bicyclic) bond motifs is 2. The average molecular weight is 313 g/mol. The number of rotatable bonds is 2. The fourth-order valence-corrected chi connectivity index (χ4v) is 5.09. The summed E-state index contributed by atoms with van der Waals surface area (Å²) in [6, 6.07) is 7.84. The Labute approximate surface area is 137 Å². The Morgan fingerprint density at radius 3 is 2.35 bits per heavy atom. The number of quaternary nitrogens is 1. The van der Waals surface area contributed by atoms with Crippen molar-refractivity contribution < 1.29 is 14.1 Å². The zero-order chi connectivity index (χ0) is 16.0. The normalized spacial score (nSPS) is 33.5. The summed E-state index contributed by atoms with van der Waals surface area (Å²) in [4.78, 5) is 26.8. The van der Waals surface area contributed by atoms with Crippen LogP contribution in [0.4, 0.5) is 0 Å². The van der Waals surface area contributed by atoms with Gasteiger partial charge in [0.15, 0.2) is 0 Å². The van der Waals surface area contributed by atoms with Gasteiger partial charge < -0.3 is 4.48 Å². The van der Waals surface area contributed by atoms with E-state index < -0.39 is 0 Å². The van der Waals surface area contributed by atoms with E-state index in [1.165, 1.54) is 43.7 Å².